The minimum absolute atomic E-state index is 0.161. The molecule has 5 nitrogen and oxygen atoms in total. The molecule has 0 aliphatic carbocycles. The molecule has 0 aliphatic heterocycles. The fourth-order valence-electron chi connectivity index (χ4n) is 2.93. The number of nitrogens with one attached hydrogen (secondary N) is 1. The first-order chi connectivity index (χ1) is 13.6. The van der Waals surface area contributed by atoms with E-state index in [4.69, 9.17) is 4.74 Å². The van der Waals surface area contributed by atoms with E-state index in [0.29, 0.717) is 23.0 Å². The van der Waals surface area contributed by atoms with Crippen molar-refractivity contribution in [3.63, 3.8) is 0 Å². The average Bonchev–Trinajstić information content (AvgIpc) is 2.69. The highest BCUT2D eigenvalue weighted by molar-refractivity contribution is 5.97. The number of carbonyl (C=O) groups excluding carboxylic acids is 1. The van der Waals surface area contributed by atoms with Gasteiger partial charge in [0.1, 0.15) is 17.3 Å². The second-order valence-corrected chi connectivity index (χ2v) is 6.22. The standard InChI is InChI=1S/C22H16FN3O2/c1-14(27)24-17-5-4-6-18(13-17)28-22-20-8-3-2-7-19(20)21(25-26-22)15-9-11-16(23)12-10-15/h2-13H,1H3,(H,24,27). The highest BCUT2D eigenvalue weighted by atomic mass is 19.1. The molecule has 0 aliphatic rings. The monoisotopic (exact) mass is 373 g/mol. The number of nitrogens with zero attached hydrogens (tertiary/aromatic N) is 2. The highest BCUT2D eigenvalue weighted by Gasteiger charge is 2.13. The largest absolute Gasteiger partial charge is 0.437 e. The SMILES string of the molecule is CC(=O)Nc1cccc(Oc2nnc(-c3ccc(F)cc3)c3ccccc23)c1. The van der Waals surface area contributed by atoms with Gasteiger partial charge in [0, 0.05) is 35.0 Å². The van der Waals surface area contributed by atoms with Crippen molar-refractivity contribution in [3.05, 3.63) is 78.6 Å². The molecule has 1 N–H and O–H groups in total. The van der Waals surface area contributed by atoms with Crippen LogP contribution < -0.4 is 10.1 Å². The molecule has 0 radical (unpaired) electrons. The smallest absolute Gasteiger partial charge is 0.246 e. The lowest BCUT2D eigenvalue weighted by Crippen LogP contribution is -2.05. The number of hydrogen-bond acceptors (Lipinski definition) is 4. The van der Waals surface area contributed by atoms with Crippen LogP contribution >= 0.6 is 0 Å². The predicted octanol–water partition coefficient (Wildman–Crippen LogP) is 5.19. The summed E-state index contributed by atoms with van der Waals surface area (Å²) in [5.41, 5.74) is 2.05. The Bertz CT molecular complexity index is 1160. The van der Waals surface area contributed by atoms with Gasteiger partial charge in [0.05, 0.1) is 0 Å². The Morgan fingerprint density at radius 1 is 0.929 bits per heavy atom. The van der Waals surface area contributed by atoms with Crippen LogP contribution in [0.3, 0.4) is 0 Å². The third-order valence-electron chi connectivity index (χ3n) is 4.14. The van der Waals surface area contributed by atoms with E-state index in [1.165, 1.54) is 19.1 Å². The van der Waals surface area contributed by atoms with E-state index in [1.54, 1.807) is 36.4 Å². The number of halogens is 1. The molecule has 1 amide bonds. The Balaban J connectivity index is 1.74. The number of fused-ring (bicyclic) bond motifs is 1. The summed E-state index contributed by atoms with van der Waals surface area (Å²) < 4.78 is 19.2. The molecule has 138 valence electrons. The van der Waals surface area contributed by atoms with E-state index in [2.05, 4.69) is 15.5 Å². The number of hydrogen-bond donors (Lipinski definition) is 1. The molecule has 0 atom stereocenters. The van der Waals surface area contributed by atoms with Crippen LogP contribution in [0.4, 0.5) is 10.1 Å². The van der Waals surface area contributed by atoms with Crippen LogP contribution in [0.5, 0.6) is 11.6 Å². The van der Waals surface area contributed by atoms with Crippen LogP contribution in [0.1, 0.15) is 6.92 Å². The van der Waals surface area contributed by atoms with E-state index in [1.807, 2.05) is 24.3 Å². The van der Waals surface area contributed by atoms with Gasteiger partial charge >= 0.3 is 0 Å². The van der Waals surface area contributed by atoms with Crippen LogP contribution in [0.2, 0.25) is 0 Å². The molecular formula is C22H16FN3O2. The van der Waals surface area contributed by atoms with E-state index in [0.717, 1.165) is 16.3 Å². The average molecular weight is 373 g/mol. The van der Waals surface area contributed by atoms with Crippen molar-refractivity contribution in [3.8, 4) is 22.9 Å². The number of benzene rings is 3. The lowest BCUT2D eigenvalue weighted by molar-refractivity contribution is -0.114. The summed E-state index contributed by atoms with van der Waals surface area (Å²) in [5.74, 6) is 0.410. The lowest BCUT2D eigenvalue weighted by Gasteiger charge is -2.11. The Morgan fingerprint density at radius 3 is 2.43 bits per heavy atom. The van der Waals surface area contributed by atoms with Crippen LogP contribution in [0, 0.1) is 5.82 Å². The molecule has 0 unspecified atom stereocenters. The van der Waals surface area contributed by atoms with Gasteiger partial charge < -0.3 is 10.1 Å². The summed E-state index contributed by atoms with van der Waals surface area (Å²) in [5, 5.41) is 12.9. The molecule has 0 bridgehead atoms. The van der Waals surface area contributed by atoms with Gasteiger partial charge in [-0.25, -0.2) is 4.39 Å². The third kappa shape index (κ3) is 3.66. The summed E-state index contributed by atoms with van der Waals surface area (Å²) >= 11 is 0. The van der Waals surface area contributed by atoms with E-state index < -0.39 is 0 Å². The van der Waals surface area contributed by atoms with Crippen molar-refractivity contribution >= 4 is 22.4 Å². The van der Waals surface area contributed by atoms with Gasteiger partial charge in [0.2, 0.25) is 11.8 Å². The molecular weight excluding hydrogens is 357 g/mol. The van der Waals surface area contributed by atoms with Crippen molar-refractivity contribution < 1.29 is 13.9 Å². The molecule has 0 fully saturated rings. The maximum Gasteiger partial charge on any atom is 0.246 e. The number of ether oxygens (including phenoxy) is 1. The number of anilines is 1. The molecule has 6 heteroatoms. The number of aromatic nitrogens is 2. The van der Waals surface area contributed by atoms with Crippen molar-refractivity contribution in [2.24, 2.45) is 0 Å². The molecule has 4 rings (SSSR count). The summed E-state index contributed by atoms with van der Waals surface area (Å²) in [6.45, 7) is 1.45. The maximum atomic E-state index is 13.3. The topological polar surface area (TPSA) is 64.1 Å². The second kappa shape index (κ2) is 7.44. The fourth-order valence-corrected chi connectivity index (χ4v) is 2.93. The zero-order valence-corrected chi connectivity index (χ0v) is 15.0. The van der Waals surface area contributed by atoms with E-state index in [9.17, 15) is 9.18 Å². The van der Waals surface area contributed by atoms with Gasteiger partial charge in [0.15, 0.2) is 0 Å². The zero-order chi connectivity index (χ0) is 19.5. The van der Waals surface area contributed by atoms with Crippen molar-refractivity contribution in [2.45, 2.75) is 6.92 Å². The quantitative estimate of drug-likeness (QED) is 0.535. The van der Waals surface area contributed by atoms with E-state index in [-0.39, 0.29) is 11.7 Å². The van der Waals surface area contributed by atoms with Crippen molar-refractivity contribution in [1.82, 2.24) is 10.2 Å². The van der Waals surface area contributed by atoms with Crippen LogP contribution in [-0.2, 0) is 4.79 Å². The minimum atomic E-state index is -0.306. The van der Waals surface area contributed by atoms with Crippen molar-refractivity contribution in [2.75, 3.05) is 5.32 Å². The molecule has 28 heavy (non-hydrogen) atoms. The van der Waals surface area contributed by atoms with Gasteiger partial charge in [-0.2, -0.15) is 0 Å². The van der Waals surface area contributed by atoms with Crippen LogP contribution in [-0.4, -0.2) is 16.1 Å². The molecule has 4 aromatic rings. The molecule has 1 aromatic heterocycles. The van der Waals surface area contributed by atoms with Gasteiger partial charge in [-0.3, -0.25) is 4.79 Å². The lowest BCUT2D eigenvalue weighted by atomic mass is 10.1. The zero-order valence-electron chi connectivity index (χ0n) is 15.0. The first kappa shape index (κ1) is 17.6. The molecule has 0 saturated carbocycles. The van der Waals surface area contributed by atoms with E-state index >= 15 is 0 Å². The number of amides is 1. The van der Waals surface area contributed by atoms with Gasteiger partial charge in [-0.15, -0.1) is 10.2 Å². The highest BCUT2D eigenvalue weighted by Crippen LogP contribution is 2.33. The fraction of sp³-hybridized carbons (Fsp3) is 0.0455. The first-order valence-electron chi connectivity index (χ1n) is 8.67. The normalized spacial score (nSPS) is 10.6. The molecule has 0 saturated heterocycles. The summed E-state index contributed by atoms with van der Waals surface area (Å²) in [6, 6.07) is 20.8. The Hall–Kier alpha value is -3.80. The minimum Gasteiger partial charge on any atom is -0.437 e. The van der Waals surface area contributed by atoms with Crippen LogP contribution in [0.15, 0.2) is 72.8 Å². The molecule has 1 heterocycles. The molecule has 3 aromatic carbocycles. The van der Waals surface area contributed by atoms with Crippen LogP contribution in [0.25, 0.3) is 22.0 Å². The first-order valence-corrected chi connectivity index (χ1v) is 8.67. The Kier molecular flexibility index (Phi) is 4.68. The number of rotatable bonds is 4. The number of carbonyl (C=O) groups is 1. The predicted molar refractivity (Wildman–Crippen MR) is 106 cm³/mol. The summed E-state index contributed by atoms with van der Waals surface area (Å²) in [4.78, 5) is 11.3. The maximum absolute atomic E-state index is 13.3. The van der Waals surface area contributed by atoms with Gasteiger partial charge in [0.25, 0.3) is 0 Å². The third-order valence-corrected chi connectivity index (χ3v) is 4.14. The van der Waals surface area contributed by atoms with Gasteiger partial charge in [-0.1, -0.05) is 24.3 Å². The summed E-state index contributed by atoms with van der Waals surface area (Å²) in [6.07, 6.45) is 0. The van der Waals surface area contributed by atoms with Crippen molar-refractivity contribution in [1.29, 1.82) is 0 Å². The summed E-state index contributed by atoms with van der Waals surface area (Å²) in [7, 11) is 0. The molecule has 0 spiro atoms. The Labute approximate surface area is 160 Å². The van der Waals surface area contributed by atoms with Gasteiger partial charge in [-0.05, 0) is 42.5 Å². The second-order valence-electron chi connectivity index (χ2n) is 6.22. The Morgan fingerprint density at radius 2 is 1.68 bits per heavy atom.